The molecule has 5 aliphatic rings. The second-order valence-electron chi connectivity index (χ2n) is 13.0. The Kier molecular flexibility index (Phi) is 7.36. The molecule has 2 aromatic heterocycles. The van der Waals surface area contributed by atoms with E-state index in [0.717, 1.165) is 90.2 Å². The Morgan fingerprint density at radius 2 is 0.923 bits per heavy atom. The number of hydrogen-bond acceptors (Lipinski definition) is 6. The van der Waals surface area contributed by atoms with Crippen LogP contribution in [0.5, 0.6) is 11.5 Å². The number of aryl methyl sites for hydroxylation is 1. The molecule has 2 aromatic carbocycles. The first-order valence-corrected chi connectivity index (χ1v) is 17.0. The molecule has 0 amide bonds. The van der Waals surface area contributed by atoms with Gasteiger partial charge >= 0.3 is 0 Å². The first kappa shape index (κ1) is 31.0. The fourth-order valence-electron chi connectivity index (χ4n) is 6.94. The van der Waals surface area contributed by atoms with Gasteiger partial charge in [-0.1, -0.05) is 24.3 Å². The number of aromatic amines is 1. The summed E-state index contributed by atoms with van der Waals surface area (Å²) in [6, 6.07) is 22.7. The summed E-state index contributed by atoms with van der Waals surface area (Å²) in [4.78, 5) is 21.6. The molecule has 0 fully saturated rings. The van der Waals surface area contributed by atoms with E-state index in [-0.39, 0.29) is 11.5 Å². The van der Waals surface area contributed by atoms with Crippen LogP contribution in [0, 0.1) is 0 Å². The number of fused-ring (bicyclic) bond motifs is 5. The molecule has 52 heavy (non-hydrogen) atoms. The van der Waals surface area contributed by atoms with Gasteiger partial charge in [0.05, 0.1) is 34.2 Å². The zero-order valence-electron chi connectivity index (χ0n) is 28.5. The van der Waals surface area contributed by atoms with Gasteiger partial charge in [-0.3, -0.25) is 0 Å². The molecule has 8 heteroatoms. The van der Waals surface area contributed by atoms with Crippen molar-refractivity contribution in [1.82, 2.24) is 9.88 Å². The van der Waals surface area contributed by atoms with Crippen LogP contribution in [-0.2, 0) is 7.05 Å². The number of allylic oxidation sites excluding steroid dienone is 12. The molecule has 3 N–H and O–H groups in total. The van der Waals surface area contributed by atoms with Crippen molar-refractivity contribution in [1.29, 1.82) is 0 Å². The lowest BCUT2D eigenvalue weighted by Gasteiger charge is -2.16. The summed E-state index contributed by atoms with van der Waals surface area (Å²) in [5.74, 6) is 0.385. The van der Waals surface area contributed by atoms with Crippen molar-refractivity contribution in [2.75, 3.05) is 7.05 Å². The minimum absolute atomic E-state index is 0.190. The van der Waals surface area contributed by atoms with E-state index in [4.69, 9.17) is 15.0 Å². The van der Waals surface area contributed by atoms with Crippen LogP contribution in [0.15, 0.2) is 184 Å². The molecule has 0 aliphatic carbocycles. The maximum atomic E-state index is 10.2. The highest BCUT2D eigenvalue weighted by atomic mass is 16.3. The number of aliphatic imine (C=N–C) groups is 3. The Bertz CT molecular complexity index is 2540. The van der Waals surface area contributed by atoms with Gasteiger partial charge in [0.1, 0.15) is 18.5 Å². The summed E-state index contributed by atoms with van der Waals surface area (Å²) >= 11 is 0. The van der Waals surface area contributed by atoms with Crippen molar-refractivity contribution in [3.05, 3.63) is 197 Å². The average Bonchev–Trinajstić information content (AvgIpc) is 3.99. The van der Waals surface area contributed by atoms with Gasteiger partial charge in [-0.05, 0) is 107 Å². The molecule has 0 atom stereocenters. The minimum Gasteiger partial charge on any atom is -0.508 e. The number of hydrogen-bond donors (Lipinski definition) is 3. The number of pyridine rings is 1. The fraction of sp³-hybridized carbons (Fsp3) is 0.0455. The van der Waals surface area contributed by atoms with E-state index < -0.39 is 0 Å². The molecule has 0 saturated carbocycles. The van der Waals surface area contributed by atoms with E-state index in [2.05, 4.69) is 47.5 Å². The zero-order chi connectivity index (χ0) is 35.3. The van der Waals surface area contributed by atoms with E-state index in [1.807, 2.05) is 103 Å². The number of benzene rings is 2. The number of nitrogens with one attached hydrogen (secondary N) is 1. The van der Waals surface area contributed by atoms with Gasteiger partial charge in [0.25, 0.3) is 0 Å². The van der Waals surface area contributed by atoms with Gasteiger partial charge in [0.15, 0.2) is 12.4 Å². The van der Waals surface area contributed by atoms with Gasteiger partial charge in [-0.25, -0.2) is 19.5 Å². The molecule has 0 spiro atoms. The predicted molar refractivity (Wildman–Crippen MR) is 207 cm³/mol. The van der Waals surface area contributed by atoms with Crippen LogP contribution < -0.4 is 4.57 Å². The van der Waals surface area contributed by atoms with Crippen LogP contribution in [0.1, 0.15) is 28.1 Å². The van der Waals surface area contributed by atoms with E-state index in [0.29, 0.717) is 0 Å². The van der Waals surface area contributed by atoms with E-state index in [1.54, 1.807) is 24.3 Å². The molecule has 0 saturated heterocycles. The number of phenols is 2. The molecule has 250 valence electrons. The van der Waals surface area contributed by atoms with E-state index in [9.17, 15) is 10.2 Å². The Labute approximate surface area is 300 Å². The Balaban J connectivity index is 1.36. The fourth-order valence-corrected chi connectivity index (χ4v) is 6.94. The summed E-state index contributed by atoms with van der Waals surface area (Å²) in [7, 11) is 4.00. The summed E-state index contributed by atoms with van der Waals surface area (Å²) < 4.78 is 2.00. The maximum Gasteiger partial charge on any atom is 0.169 e. The van der Waals surface area contributed by atoms with Gasteiger partial charge in [-0.2, -0.15) is 0 Å². The first-order chi connectivity index (χ1) is 25.4. The monoisotopic (exact) mass is 677 g/mol. The summed E-state index contributed by atoms with van der Waals surface area (Å²) in [6.07, 6.45) is 24.5. The number of aromatic hydroxyl groups is 2. The van der Waals surface area contributed by atoms with Crippen LogP contribution >= 0.6 is 0 Å². The topological polar surface area (TPSA) is 100 Å². The molecule has 8 nitrogen and oxygen atoms in total. The molecule has 0 unspecified atom stereocenters. The Morgan fingerprint density at radius 1 is 0.500 bits per heavy atom. The average molecular weight is 678 g/mol. The number of rotatable bonds is 3. The van der Waals surface area contributed by atoms with Gasteiger partial charge in [0.2, 0.25) is 0 Å². The van der Waals surface area contributed by atoms with Gasteiger partial charge in [0, 0.05) is 65.3 Å². The lowest BCUT2D eigenvalue weighted by molar-refractivity contribution is -0.671. The molecular formula is C44H33N6O2+. The van der Waals surface area contributed by atoms with Crippen molar-refractivity contribution in [3.63, 3.8) is 0 Å². The molecule has 9 rings (SSSR count). The SMILES string of the molecule is CN1C=CC(=C2C3=NC(=C(c4ccc(O)cc4)C4=NC(=C(c5cc[n+](C)cc5)C5=NC(=C(c6ccc(O)cc6)c6ccc2[nH]6)C=C5)C=C4)C=C3)C=C1. The zero-order valence-corrected chi connectivity index (χ0v) is 28.5. The number of aromatic nitrogens is 2. The Morgan fingerprint density at radius 3 is 1.44 bits per heavy atom. The van der Waals surface area contributed by atoms with Gasteiger partial charge < -0.3 is 20.1 Å². The third-order valence-corrected chi connectivity index (χ3v) is 9.53. The maximum absolute atomic E-state index is 10.2. The van der Waals surface area contributed by atoms with E-state index >= 15 is 0 Å². The first-order valence-electron chi connectivity index (χ1n) is 17.0. The minimum atomic E-state index is 0.190. The third kappa shape index (κ3) is 5.52. The predicted octanol–water partition coefficient (Wildman–Crippen LogP) is 7.60. The highest BCUT2D eigenvalue weighted by Gasteiger charge is 2.27. The second-order valence-corrected chi connectivity index (χ2v) is 13.0. The molecular weight excluding hydrogens is 645 g/mol. The Hall–Kier alpha value is -7.06. The summed E-state index contributed by atoms with van der Waals surface area (Å²) in [5.41, 5.74) is 13.8. The van der Waals surface area contributed by atoms with Crippen molar-refractivity contribution in [2.45, 2.75) is 0 Å². The highest BCUT2D eigenvalue weighted by molar-refractivity contribution is 6.37. The standard InChI is InChI=1S/C44H32N6O2/c1-49-23-19-29(20-24-49)43-37-15-11-33(45-37)41(27-3-7-31(51)8-4-27)35-13-17-39(47-35)44(30-21-25-50(2)26-22-30)40-18-14-36(48-40)42(34-12-16-38(43)46-34)28-5-9-32(52)10-6-28/h3-26H,1-2H3,(H2-,45,46,47,48,51,52)/p+1. The van der Waals surface area contributed by atoms with Crippen molar-refractivity contribution in [3.8, 4) is 11.5 Å². The van der Waals surface area contributed by atoms with Crippen LogP contribution in [0.25, 0.3) is 22.3 Å². The highest BCUT2D eigenvalue weighted by Crippen LogP contribution is 2.39. The largest absolute Gasteiger partial charge is 0.508 e. The van der Waals surface area contributed by atoms with Crippen LogP contribution in [0.2, 0.25) is 0 Å². The summed E-state index contributed by atoms with van der Waals surface area (Å²) in [6.45, 7) is 0. The van der Waals surface area contributed by atoms with Crippen LogP contribution in [0.3, 0.4) is 0 Å². The van der Waals surface area contributed by atoms with Crippen molar-refractivity contribution in [2.24, 2.45) is 22.0 Å². The van der Waals surface area contributed by atoms with Crippen molar-refractivity contribution >= 4 is 39.4 Å². The number of phenolic OH excluding ortho intramolecular Hbond substituents is 2. The van der Waals surface area contributed by atoms with E-state index in [1.165, 1.54) is 0 Å². The normalized spacial score (nSPS) is 17.6. The lowest BCUT2D eigenvalue weighted by Crippen LogP contribution is -2.26. The second kappa shape index (κ2) is 12.4. The number of nitrogens with zero attached hydrogens (tertiary/aromatic N) is 5. The van der Waals surface area contributed by atoms with Crippen molar-refractivity contribution < 1.29 is 14.8 Å². The lowest BCUT2D eigenvalue weighted by atomic mass is 9.98. The van der Waals surface area contributed by atoms with Gasteiger partial charge in [-0.15, -0.1) is 0 Å². The molecule has 8 bridgehead atoms. The summed E-state index contributed by atoms with van der Waals surface area (Å²) in [5, 5.41) is 20.4. The molecule has 4 aromatic rings. The van der Waals surface area contributed by atoms with Crippen LogP contribution in [-0.4, -0.2) is 44.3 Å². The van der Waals surface area contributed by atoms with Crippen LogP contribution in [0.4, 0.5) is 0 Å². The third-order valence-electron chi connectivity index (χ3n) is 9.53. The smallest absolute Gasteiger partial charge is 0.169 e. The quantitative estimate of drug-likeness (QED) is 0.195. The molecule has 5 aliphatic heterocycles. The number of H-pyrrole nitrogens is 1. The molecule has 7 heterocycles. The molecule has 0 radical (unpaired) electrons.